The normalized spacial score (nSPS) is 11.0. The number of nitrogens with one attached hydrogen (secondary N) is 2. The molecule has 0 atom stereocenters. The van der Waals surface area contributed by atoms with Crippen LogP contribution in [-0.2, 0) is 17.6 Å². The van der Waals surface area contributed by atoms with Crippen LogP contribution in [0.5, 0.6) is 0 Å². The molecule has 0 fully saturated rings. The number of nitrogens with zero attached hydrogens (tertiary/aromatic N) is 1. The van der Waals surface area contributed by atoms with Crippen molar-refractivity contribution in [3.8, 4) is 11.4 Å². The zero-order chi connectivity index (χ0) is 20.9. The fraction of sp³-hybridized carbons (Fsp3) is 0.200. The summed E-state index contributed by atoms with van der Waals surface area (Å²) in [6.07, 6.45) is 4.40. The van der Waals surface area contributed by atoms with Crippen LogP contribution in [-0.4, -0.2) is 15.9 Å². The molecule has 4 nitrogen and oxygen atoms in total. The topological polar surface area (TPSA) is 57.8 Å². The molecule has 0 saturated heterocycles. The lowest BCUT2D eigenvalue weighted by atomic mass is 10.0. The Labute approximate surface area is 175 Å². The minimum atomic E-state index is -0.274. The van der Waals surface area contributed by atoms with E-state index >= 15 is 0 Å². The summed E-state index contributed by atoms with van der Waals surface area (Å²) in [5.41, 5.74) is 5.59. The zero-order valence-electron chi connectivity index (χ0n) is 16.9. The Bertz CT molecular complexity index is 1150. The maximum absolute atomic E-state index is 13.9. The monoisotopic (exact) mass is 401 g/mol. The van der Waals surface area contributed by atoms with E-state index in [0.29, 0.717) is 19.3 Å². The quantitative estimate of drug-likeness (QED) is 0.405. The Kier molecular flexibility index (Phi) is 5.89. The van der Waals surface area contributed by atoms with Gasteiger partial charge in [-0.15, -0.1) is 0 Å². The van der Waals surface area contributed by atoms with Gasteiger partial charge in [-0.3, -0.25) is 9.78 Å². The van der Waals surface area contributed by atoms with Crippen LogP contribution in [0.4, 0.5) is 10.1 Å². The number of benzene rings is 2. The first-order valence-corrected chi connectivity index (χ1v) is 10.2. The summed E-state index contributed by atoms with van der Waals surface area (Å²) >= 11 is 0. The molecule has 0 spiro atoms. The maximum atomic E-state index is 13.9. The number of rotatable bonds is 7. The van der Waals surface area contributed by atoms with E-state index in [0.717, 1.165) is 40.0 Å². The highest BCUT2D eigenvalue weighted by Crippen LogP contribution is 2.31. The highest BCUT2D eigenvalue weighted by Gasteiger charge is 2.15. The lowest BCUT2D eigenvalue weighted by Gasteiger charge is -2.07. The standard InChI is InChI=1S/C25H24FN3O/c1-2-17-9-12-19(13-10-17)28-24(30)8-5-6-20-21-16-18(26)11-14-22(21)29-25(20)23-7-3-4-15-27-23/h3-4,7,9-16,29H,2,5-6,8H2,1H3,(H,28,30). The number of hydrogen-bond donors (Lipinski definition) is 2. The molecule has 0 radical (unpaired) electrons. The Morgan fingerprint density at radius 1 is 1.10 bits per heavy atom. The lowest BCUT2D eigenvalue weighted by Crippen LogP contribution is -2.11. The van der Waals surface area contributed by atoms with Gasteiger partial charge < -0.3 is 10.3 Å². The van der Waals surface area contributed by atoms with E-state index in [4.69, 9.17) is 0 Å². The first-order chi connectivity index (χ1) is 14.6. The van der Waals surface area contributed by atoms with E-state index in [1.54, 1.807) is 18.3 Å². The average molecular weight is 401 g/mol. The minimum Gasteiger partial charge on any atom is -0.353 e. The van der Waals surface area contributed by atoms with Crippen molar-refractivity contribution in [2.75, 3.05) is 5.32 Å². The third-order valence-electron chi connectivity index (χ3n) is 5.27. The van der Waals surface area contributed by atoms with Gasteiger partial charge in [-0.25, -0.2) is 4.39 Å². The van der Waals surface area contributed by atoms with Gasteiger partial charge in [0.2, 0.25) is 5.91 Å². The van der Waals surface area contributed by atoms with Crippen LogP contribution >= 0.6 is 0 Å². The Morgan fingerprint density at radius 2 is 1.93 bits per heavy atom. The summed E-state index contributed by atoms with van der Waals surface area (Å²) in [5.74, 6) is -0.298. The zero-order valence-corrected chi connectivity index (χ0v) is 16.9. The number of aromatic nitrogens is 2. The van der Waals surface area contributed by atoms with Gasteiger partial charge in [0.1, 0.15) is 5.82 Å². The van der Waals surface area contributed by atoms with Crippen molar-refractivity contribution in [3.05, 3.63) is 83.8 Å². The van der Waals surface area contributed by atoms with Crippen molar-refractivity contribution < 1.29 is 9.18 Å². The predicted octanol–water partition coefficient (Wildman–Crippen LogP) is 5.89. The summed E-state index contributed by atoms with van der Waals surface area (Å²) in [5, 5.41) is 3.79. The van der Waals surface area contributed by atoms with Crippen molar-refractivity contribution in [1.82, 2.24) is 9.97 Å². The van der Waals surface area contributed by atoms with E-state index in [2.05, 4.69) is 22.2 Å². The van der Waals surface area contributed by atoms with Crippen LogP contribution < -0.4 is 5.32 Å². The summed E-state index contributed by atoms with van der Waals surface area (Å²) in [7, 11) is 0. The third kappa shape index (κ3) is 4.40. The summed E-state index contributed by atoms with van der Waals surface area (Å²) in [4.78, 5) is 20.2. The fourth-order valence-corrected chi connectivity index (χ4v) is 3.68. The number of hydrogen-bond acceptors (Lipinski definition) is 2. The molecule has 30 heavy (non-hydrogen) atoms. The molecule has 0 aliphatic rings. The SMILES string of the molecule is CCc1ccc(NC(=O)CCCc2c(-c3ccccn3)[nH]c3ccc(F)cc23)cc1. The van der Waals surface area contributed by atoms with E-state index in [1.165, 1.54) is 11.6 Å². The molecule has 0 aliphatic heterocycles. The van der Waals surface area contributed by atoms with Gasteiger partial charge in [0.05, 0.1) is 11.4 Å². The summed E-state index contributed by atoms with van der Waals surface area (Å²) in [6.45, 7) is 2.10. The lowest BCUT2D eigenvalue weighted by molar-refractivity contribution is -0.116. The number of carbonyl (C=O) groups is 1. The molecule has 0 unspecified atom stereocenters. The second-order valence-corrected chi connectivity index (χ2v) is 7.34. The fourth-order valence-electron chi connectivity index (χ4n) is 3.68. The molecule has 2 N–H and O–H groups in total. The minimum absolute atomic E-state index is 0.0235. The van der Waals surface area contributed by atoms with Crippen molar-refractivity contribution in [1.29, 1.82) is 0 Å². The van der Waals surface area contributed by atoms with E-state index < -0.39 is 0 Å². The van der Waals surface area contributed by atoms with Crippen LogP contribution in [0.15, 0.2) is 66.9 Å². The van der Waals surface area contributed by atoms with Crippen molar-refractivity contribution in [2.45, 2.75) is 32.6 Å². The molecule has 0 saturated carbocycles. The Hall–Kier alpha value is -3.47. The number of aryl methyl sites for hydroxylation is 2. The number of carbonyl (C=O) groups excluding carboxylic acids is 1. The number of aromatic amines is 1. The molecule has 2 aromatic heterocycles. The molecule has 4 aromatic rings. The molecule has 152 valence electrons. The molecule has 0 bridgehead atoms. The van der Waals surface area contributed by atoms with Gasteiger partial charge in [0, 0.05) is 29.2 Å². The van der Waals surface area contributed by atoms with E-state index in [9.17, 15) is 9.18 Å². The molecular weight excluding hydrogens is 377 g/mol. The third-order valence-corrected chi connectivity index (χ3v) is 5.27. The first kappa shape index (κ1) is 19.8. The molecule has 5 heteroatoms. The number of halogens is 1. The van der Waals surface area contributed by atoms with Gasteiger partial charge in [-0.05, 0) is 72.9 Å². The van der Waals surface area contributed by atoms with Gasteiger partial charge in [0.15, 0.2) is 0 Å². The van der Waals surface area contributed by atoms with Crippen molar-refractivity contribution >= 4 is 22.5 Å². The molecule has 2 heterocycles. The number of H-pyrrole nitrogens is 1. The molecule has 4 rings (SSSR count). The van der Waals surface area contributed by atoms with Crippen LogP contribution in [0, 0.1) is 5.82 Å². The van der Waals surface area contributed by atoms with Gasteiger partial charge in [-0.2, -0.15) is 0 Å². The largest absolute Gasteiger partial charge is 0.353 e. The molecule has 0 aliphatic carbocycles. The van der Waals surface area contributed by atoms with Gasteiger partial charge in [-0.1, -0.05) is 25.1 Å². The Morgan fingerprint density at radius 3 is 2.67 bits per heavy atom. The van der Waals surface area contributed by atoms with E-state index in [-0.39, 0.29) is 11.7 Å². The molecular formula is C25H24FN3O. The van der Waals surface area contributed by atoms with E-state index in [1.807, 2.05) is 42.5 Å². The summed E-state index contributed by atoms with van der Waals surface area (Å²) < 4.78 is 13.9. The average Bonchev–Trinajstić information content (AvgIpc) is 3.12. The smallest absolute Gasteiger partial charge is 0.224 e. The maximum Gasteiger partial charge on any atom is 0.224 e. The highest BCUT2D eigenvalue weighted by atomic mass is 19.1. The predicted molar refractivity (Wildman–Crippen MR) is 119 cm³/mol. The van der Waals surface area contributed by atoms with Crippen LogP contribution in [0.2, 0.25) is 0 Å². The van der Waals surface area contributed by atoms with Gasteiger partial charge >= 0.3 is 0 Å². The van der Waals surface area contributed by atoms with Crippen LogP contribution in [0.1, 0.15) is 30.9 Å². The van der Waals surface area contributed by atoms with Crippen molar-refractivity contribution in [3.63, 3.8) is 0 Å². The second kappa shape index (κ2) is 8.91. The Balaban J connectivity index is 1.49. The second-order valence-electron chi connectivity index (χ2n) is 7.34. The van der Waals surface area contributed by atoms with Crippen molar-refractivity contribution in [2.24, 2.45) is 0 Å². The van der Waals surface area contributed by atoms with Gasteiger partial charge in [0.25, 0.3) is 0 Å². The number of amides is 1. The first-order valence-electron chi connectivity index (χ1n) is 10.2. The molecule has 2 aromatic carbocycles. The van der Waals surface area contributed by atoms with Crippen LogP contribution in [0.3, 0.4) is 0 Å². The highest BCUT2D eigenvalue weighted by molar-refractivity contribution is 5.92. The number of fused-ring (bicyclic) bond motifs is 1. The number of pyridine rings is 1. The molecule has 1 amide bonds. The number of anilines is 1. The summed E-state index contributed by atoms with van der Waals surface area (Å²) in [6, 6.07) is 18.4. The van der Waals surface area contributed by atoms with Crippen LogP contribution in [0.25, 0.3) is 22.3 Å².